The molecule has 0 aliphatic heterocycles. The second-order valence-corrected chi connectivity index (χ2v) is 5.76. The summed E-state index contributed by atoms with van der Waals surface area (Å²) in [4.78, 5) is 0. The number of hydrogen-bond acceptors (Lipinski definition) is 3. The highest BCUT2D eigenvalue weighted by Crippen LogP contribution is 2.35. The van der Waals surface area contributed by atoms with Gasteiger partial charge in [0, 0.05) is 6.54 Å². The molecule has 20 heavy (non-hydrogen) atoms. The lowest BCUT2D eigenvalue weighted by molar-refractivity contribution is 0.290. The Kier molecular flexibility index (Phi) is 5.89. The van der Waals surface area contributed by atoms with Crippen molar-refractivity contribution in [1.82, 2.24) is 15.1 Å². The SMILES string of the molecule is CCNC(CC1CCCCC1)c1c(OC)cnn1CC. The molecule has 0 radical (unpaired) electrons. The van der Waals surface area contributed by atoms with Gasteiger partial charge >= 0.3 is 0 Å². The lowest BCUT2D eigenvalue weighted by Crippen LogP contribution is -2.27. The highest BCUT2D eigenvalue weighted by molar-refractivity contribution is 5.28. The highest BCUT2D eigenvalue weighted by atomic mass is 16.5. The number of hydrogen-bond donors (Lipinski definition) is 1. The van der Waals surface area contributed by atoms with Gasteiger partial charge in [-0.2, -0.15) is 5.10 Å². The van der Waals surface area contributed by atoms with Crippen molar-refractivity contribution in [2.45, 2.75) is 65.0 Å². The number of aromatic nitrogens is 2. The molecule has 4 nitrogen and oxygen atoms in total. The van der Waals surface area contributed by atoms with E-state index in [2.05, 4.69) is 28.9 Å². The molecule has 1 fully saturated rings. The minimum atomic E-state index is 0.362. The molecule has 1 aliphatic carbocycles. The Balaban J connectivity index is 2.15. The van der Waals surface area contributed by atoms with Gasteiger partial charge < -0.3 is 10.1 Å². The van der Waals surface area contributed by atoms with E-state index in [-0.39, 0.29) is 0 Å². The average Bonchev–Trinajstić information content (AvgIpc) is 2.90. The summed E-state index contributed by atoms with van der Waals surface area (Å²) in [6.45, 7) is 6.19. The zero-order valence-corrected chi connectivity index (χ0v) is 13.2. The zero-order chi connectivity index (χ0) is 14.4. The standard InChI is InChI=1S/C16H29N3O/c1-4-17-14(11-13-9-7-6-8-10-13)16-15(20-3)12-18-19(16)5-2/h12-14,17H,4-11H2,1-3H3. The minimum Gasteiger partial charge on any atom is -0.493 e. The summed E-state index contributed by atoms with van der Waals surface area (Å²) in [7, 11) is 1.74. The van der Waals surface area contributed by atoms with Crippen LogP contribution in [-0.4, -0.2) is 23.4 Å². The van der Waals surface area contributed by atoms with Crippen LogP contribution in [0, 0.1) is 5.92 Å². The van der Waals surface area contributed by atoms with Crippen LogP contribution in [0.15, 0.2) is 6.20 Å². The Morgan fingerprint density at radius 2 is 2.10 bits per heavy atom. The summed E-state index contributed by atoms with van der Waals surface area (Å²) in [5.41, 5.74) is 1.22. The molecule has 0 spiro atoms. The topological polar surface area (TPSA) is 39.1 Å². The van der Waals surface area contributed by atoms with Gasteiger partial charge in [0.25, 0.3) is 0 Å². The molecule has 1 unspecified atom stereocenters. The Morgan fingerprint density at radius 1 is 1.35 bits per heavy atom. The molecule has 1 atom stereocenters. The minimum absolute atomic E-state index is 0.362. The van der Waals surface area contributed by atoms with Gasteiger partial charge in [0.2, 0.25) is 0 Å². The molecule has 1 aromatic heterocycles. The third-order valence-electron chi connectivity index (χ3n) is 4.44. The quantitative estimate of drug-likeness (QED) is 0.830. The summed E-state index contributed by atoms with van der Waals surface area (Å²) in [6.07, 6.45) is 10.0. The van der Waals surface area contributed by atoms with E-state index in [0.717, 1.165) is 24.8 Å². The van der Waals surface area contributed by atoms with Gasteiger partial charge in [0.15, 0.2) is 5.75 Å². The van der Waals surface area contributed by atoms with Crippen LogP contribution in [0.5, 0.6) is 5.75 Å². The van der Waals surface area contributed by atoms with Crippen molar-refractivity contribution in [1.29, 1.82) is 0 Å². The van der Waals surface area contributed by atoms with Gasteiger partial charge in [-0.3, -0.25) is 4.68 Å². The maximum absolute atomic E-state index is 5.52. The Labute approximate surface area is 122 Å². The summed E-state index contributed by atoms with van der Waals surface area (Å²) < 4.78 is 7.60. The van der Waals surface area contributed by atoms with E-state index >= 15 is 0 Å². The van der Waals surface area contributed by atoms with Gasteiger partial charge in [0.1, 0.15) is 0 Å². The second-order valence-electron chi connectivity index (χ2n) is 5.76. The number of aryl methyl sites for hydroxylation is 1. The van der Waals surface area contributed by atoms with Crippen LogP contribution in [0.3, 0.4) is 0 Å². The maximum Gasteiger partial charge on any atom is 0.161 e. The largest absolute Gasteiger partial charge is 0.493 e. The second kappa shape index (κ2) is 7.67. The lowest BCUT2D eigenvalue weighted by atomic mass is 9.84. The molecule has 2 rings (SSSR count). The van der Waals surface area contributed by atoms with Crippen molar-refractivity contribution in [3.8, 4) is 5.75 Å². The maximum atomic E-state index is 5.52. The van der Waals surface area contributed by atoms with Crippen LogP contribution < -0.4 is 10.1 Å². The Hall–Kier alpha value is -1.03. The van der Waals surface area contributed by atoms with Crippen molar-refractivity contribution in [2.24, 2.45) is 5.92 Å². The van der Waals surface area contributed by atoms with Crippen molar-refractivity contribution < 1.29 is 4.74 Å². The molecule has 0 amide bonds. The predicted molar refractivity (Wildman–Crippen MR) is 82.1 cm³/mol. The van der Waals surface area contributed by atoms with Gasteiger partial charge in [-0.25, -0.2) is 0 Å². The molecule has 0 aromatic carbocycles. The number of ether oxygens (including phenoxy) is 1. The molecule has 0 saturated heterocycles. The summed E-state index contributed by atoms with van der Waals surface area (Å²) >= 11 is 0. The molecule has 1 saturated carbocycles. The van der Waals surface area contributed by atoms with Gasteiger partial charge in [0.05, 0.1) is 25.0 Å². The number of rotatable bonds is 7. The Bertz CT molecular complexity index is 375. The number of nitrogens with zero attached hydrogens (tertiary/aromatic N) is 2. The van der Waals surface area contributed by atoms with E-state index in [0.29, 0.717) is 6.04 Å². The molecule has 0 bridgehead atoms. The normalized spacial score (nSPS) is 18.1. The molecule has 1 heterocycles. The third kappa shape index (κ3) is 3.54. The van der Waals surface area contributed by atoms with Crippen LogP contribution in [-0.2, 0) is 6.54 Å². The molecular weight excluding hydrogens is 250 g/mol. The fourth-order valence-electron chi connectivity index (χ4n) is 3.43. The van der Waals surface area contributed by atoms with Crippen molar-refractivity contribution in [2.75, 3.05) is 13.7 Å². The highest BCUT2D eigenvalue weighted by Gasteiger charge is 2.25. The Morgan fingerprint density at radius 3 is 2.70 bits per heavy atom. The van der Waals surface area contributed by atoms with E-state index in [9.17, 15) is 0 Å². The molecule has 1 aromatic rings. The number of nitrogens with one attached hydrogen (secondary N) is 1. The van der Waals surface area contributed by atoms with Gasteiger partial charge in [-0.15, -0.1) is 0 Å². The van der Waals surface area contributed by atoms with E-state index in [1.165, 1.54) is 44.2 Å². The van der Waals surface area contributed by atoms with Crippen molar-refractivity contribution in [3.63, 3.8) is 0 Å². The smallest absolute Gasteiger partial charge is 0.161 e. The first kappa shape index (κ1) is 15.4. The first-order valence-electron chi connectivity index (χ1n) is 8.13. The fraction of sp³-hybridized carbons (Fsp3) is 0.812. The van der Waals surface area contributed by atoms with Crippen molar-refractivity contribution in [3.05, 3.63) is 11.9 Å². The molecule has 114 valence electrons. The van der Waals surface area contributed by atoms with E-state index < -0.39 is 0 Å². The number of methoxy groups -OCH3 is 1. The molecular formula is C16H29N3O. The molecule has 4 heteroatoms. The van der Waals surface area contributed by atoms with Crippen LogP contribution in [0.1, 0.15) is 64.1 Å². The first-order valence-corrected chi connectivity index (χ1v) is 8.13. The lowest BCUT2D eigenvalue weighted by Gasteiger charge is -2.27. The average molecular weight is 279 g/mol. The van der Waals surface area contributed by atoms with Crippen LogP contribution in [0.4, 0.5) is 0 Å². The van der Waals surface area contributed by atoms with Crippen molar-refractivity contribution >= 4 is 0 Å². The van der Waals surface area contributed by atoms with E-state index in [1.54, 1.807) is 7.11 Å². The van der Waals surface area contributed by atoms with E-state index in [1.807, 2.05) is 6.20 Å². The van der Waals surface area contributed by atoms with Crippen LogP contribution in [0.2, 0.25) is 0 Å². The van der Waals surface area contributed by atoms with Crippen LogP contribution >= 0.6 is 0 Å². The van der Waals surface area contributed by atoms with Gasteiger partial charge in [-0.1, -0.05) is 39.0 Å². The summed E-state index contributed by atoms with van der Waals surface area (Å²) in [5, 5.41) is 8.09. The molecule has 1 aliphatic rings. The van der Waals surface area contributed by atoms with Gasteiger partial charge in [-0.05, 0) is 25.8 Å². The summed E-state index contributed by atoms with van der Waals surface area (Å²) in [5.74, 6) is 1.77. The summed E-state index contributed by atoms with van der Waals surface area (Å²) in [6, 6.07) is 0.362. The predicted octanol–water partition coefficient (Wildman–Crippen LogP) is 3.53. The molecule has 1 N–H and O–H groups in total. The monoisotopic (exact) mass is 279 g/mol. The first-order chi connectivity index (χ1) is 9.80. The third-order valence-corrected chi connectivity index (χ3v) is 4.44. The fourth-order valence-corrected chi connectivity index (χ4v) is 3.43. The van der Waals surface area contributed by atoms with E-state index in [4.69, 9.17) is 4.74 Å². The van der Waals surface area contributed by atoms with Crippen LogP contribution in [0.25, 0.3) is 0 Å². The zero-order valence-electron chi connectivity index (χ0n) is 13.2.